The minimum atomic E-state index is 0.693. The lowest BCUT2D eigenvalue weighted by atomic mass is 10.0. The Kier molecular flexibility index (Phi) is 7.29. The first-order valence-electron chi connectivity index (χ1n) is 5.64. The molecule has 1 N–H and O–H groups in total. The van der Waals surface area contributed by atoms with Crippen LogP contribution in [-0.2, 0) is 0 Å². The molecule has 0 saturated carbocycles. The SMILES string of the molecule is CC.CC(C)N(C)C1CCNCC1. The molecular formula is C11H26N2. The van der Waals surface area contributed by atoms with E-state index in [1.165, 1.54) is 25.9 Å². The third kappa shape index (κ3) is 4.63. The summed E-state index contributed by atoms with van der Waals surface area (Å²) < 4.78 is 0. The van der Waals surface area contributed by atoms with E-state index in [1.54, 1.807) is 0 Å². The van der Waals surface area contributed by atoms with E-state index in [0.29, 0.717) is 6.04 Å². The van der Waals surface area contributed by atoms with Crippen molar-refractivity contribution < 1.29 is 0 Å². The van der Waals surface area contributed by atoms with E-state index < -0.39 is 0 Å². The average molecular weight is 186 g/mol. The molecule has 0 amide bonds. The molecule has 2 heteroatoms. The Morgan fingerprint density at radius 2 is 1.62 bits per heavy atom. The molecule has 0 unspecified atom stereocenters. The van der Waals surface area contributed by atoms with Gasteiger partial charge in [-0.2, -0.15) is 0 Å². The average Bonchev–Trinajstić information content (AvgIpc) is 2.21. The van der Waals surface area contributed by atoms with E-state index in [-0.39, 0.29) is 0 Å². The molecular weight excluding hydrogens is 160 g/mol. The summed E-state index contributed by atoms with van der Waals surface area (Å²) in [6.45, 7) is 10.9. The third-order valence-electron chi connectivity index (χ3n) is 2.70. The van der Waals surface area contributed by atoms with Gasteiger partial charge in [0.2, 0.25) is 0 Å². The lowest BCUT2D eigenvalue weighted by Crippen LogP contribution is -2.43. The molecule has 2 nitrogen and oxygen atoms in total. The summed E-state index contributed by atoms with van der Waals surface area (Å²) in [6.07, 6.45) is 2.63. The van der Waals surface area contributed by atoms with Gasteiger partial charge in [0.05, 0.1) is 0 Å². The fourth-order valence-electron chi connectivity index (χ4n) is 1.64. The van der Waals surface area contributed by atoms with Crippen LogP contribution in [-0.4, -0.2) is 37.1 Å². The lowest BCUT2D eigenvalue weighted by Gasteiger charge is -2.34. The number of nitrogens with one attached hydrogen (secondary N) is 1. The van der Waals surface area contributed by atoms with Crippen LogP contribution in [0.4, 0.5) is 0 Å². The molecule has 1 aliphatic rings. The Balaban J connectivity index is 0.000000671. The van der Waals surface area contributed by atoms with Crippen LogP contribution in [0, 0.1) is 0 Å². The maximum Gasteiger partial charge on any atom is 0.0119 e. The van der Waals surface area contributed by atoms with Gasteiger partial charge in [0.15, 0.2) is 0 Å². The highest BCUT2D eigenvalue weighted by Crippen LogP contribution is 2.11. The van der Waals surface area contributed by atoms with E-state index in [9.17, 15) is 0 Å². The molecule has 1 saturated heterocycles. The van der Waals surface area contributed by atoms with Crippen molar-refractivity contribution in [2.24, 2.45) is 0 Å². The molecule has 1 fully saturated rings. The van der Waals surface area contributed by atoms with Gasteiger partial charge in [-0.1, -0.05) is 13.8 Å². The molecule has 80 valence electrons. The van der Waals surface area contributed by atoms with E-state index in [0.717, 1.165) is 6.04 Å². The normalized spacial score (nSPS) is 18.7. The first-order chi connectivity index (χ1) is 6.22. The molecule has 0 atom stereocenters. The third-order valence-corrected chi connectivity index (χ3v) is 2.70. The molecule has 13 heavy (non-hydrogen) atoms. The molecule has 0 aromatic carbocycles. The fraction of sp³-hybridized carbons (Fsp3) is 1.00. The number of hydrogen-bond acceptors (Lipinski definition) is 2. The lowest BCUT2D eigenvalue weighted by molar-refractivity contribution is 0.161. The Morgan fingerprint density at radius 3 is 2.00 bits per heavy atom. The van der Waals surface area contributed by atoms with Gasteiger partial charge in [-0.3, -0.25) is 0 Å². The second-order valence-corrected chi connectivity index (χ2v) is 3.74. The molecule has 1 aliphatic heterocycles. The Morgan fingerprint density at radius 1 is 1.15 bits per heavy atom. The van der Waals surface area contributed by atoms with Crippen molar-refractivity contribution in [2.45, 2.75) is 52.6 Å². The van der Waals surface area contributed by atoms with Crippen LogP contribution in [0.2, 0.25) is 0 Å². The predicted octanol–water partition coefficient (Wildman–Crippen LogP) is 2.10. The smallest absolute Gasteiger partial charge is 0.0119 e. The molecule has 1 rings (SSSR count). The van der Waals surface area contributed by atoms with E-state index in [1.807, 2.05) is 13.8 Å². The van der Waals surface area contributed by atoms with Crippen molar-refractivity contribution in [3.05, 3.63) is 0 Å². The van der Waals surface area contributed by atoms with Crippen molar-refractivity contribution >= 4 is 0 Å². The van der Waals surface area contributed by atoms with Gasteiger partial charge in [0, 0.05) is 12.1 Å². The highest BCUT2D eigenvalue weighted by Gasteiger charge is 2.18. The van der Waals surface area contributed by atoms with Crippen molar-refractivity contribution in [3.63, 3.8) is 0 Å². The van der Waals surface area contributed by atoms with Gasteiger partial charge in [0.1, 0.15) is 0 Å². The first kappa shape index (κ1) is 12.9. The zero-order valence-electron chi connectivity index (χ0n) is 9.93. The van der Waals surface area contributed by atoms with E-state index in [2.05, 4.69) is 31.1 Å². The molecule has 0 spiro atoms. The second-order valence-electron chi connectivity index (χ2n) is 3.74. The summed E-state index contributed by atoms with van der Waals surface area (Å²) in [7, 11) is 2.24. The Labute approximate surface area is 83.7 Å². The highest BCUT2D eigenvalue weighted by atomic mass is 15.2. The summed E-state index contributed by atoms with van der Waals surface area (Å²) in [5.41, 5.74) is 0. The minimum Gasteiger partial charge on any atom is -0.317 e. The van der Waals surface area contributed by atoms with Crippen molar-refractivity contribution in [1.29, 1.82) is 0 Å². The van der Waals surface area contributed by atoms with Gasteiger partial charge in [-0.15, -0.1) is 0 Å². The van der Waals surface area contributed by atoms with Gasteiger partial charge in [-0.05, 0) is 46.8 Å². The van der Waals surface area contributed by atoms with Crippen LogP contribution in [0.3, 0.4) is 0 Å². The maximum atomic E-state index is 3.38. The van der Waals surface area contributed by atoms with Crippen LogP contribution in [0.5, 0.6) is 0 Å². The van der Waals surface area contributed by atoms with Gasteiger partial charge in [0.25, 0.3) is 0 Å². The predicted molar refractivity (Wildman–Crippen MR) is 60.1 cm³/mol. The van der Waals surface area contributed by atoms with Crippen LogP contribution in [0.15, 0.2) is 0 Å². The number of piperidine rings is 1. The van der Waals surface area contributed by atoms with Crippen molar-refractivity contribution in [3.8, 4) is 0 Å². The summed E-state index contributed by atoms with van der Waals surface area (Å²) in [4.78, 5) is 2.49. The molecule has 0 aromatic heterocycles. The number of hydrogen-bond donors (Lipinski definition) is 1. The molecule has 0 radical (unpaired) electrons. The fourth-order valence-corrected chi connectivity index (χ4v) is 1.64. The maximum absolute atomic E-state index is 3.38. The summed E-state index contributed by atoms with van der Waals surface area (Å²) >= 11 is 0. The minimum absolute atomic E-state index is 0.693. The zero-order chi connectivity index (χ0) is 10.3. The topological polar surface area (TPSA) is 15.3 Å². The van der Waals surface area contributed by atoms with Crippen LogP contribution in [0.1, 0.15) is 40.5 Å². The number of nitrogens with zero attached hydrogens (tertiary/aromatic N) is 1. The van der Waals surface area contributed by atoms with Gasteiger partial charge >= 0.3 is 0 Å². The van der Waals surface area contributed by atoms with Crippen LogP contribution in [0.25, 0.3) is 0 Å². The van der Waals surface area contributed by atoms with Crippen LogP contribution < -0.4 is 5.32 Å². The van der Waals surface area contributed by atoms with Gasteiger partial charge in [-0.25, -0.2) is 0 Å². The quantitative estimate of drug-likeness (QED) is 0.710. The van der Waals surface area contributed by atoms with Gasteiger partial charge < -0.3 is 10.2 Å². The van der Waals surface area contributed by atoms with Crippen LogP contribution >= 0.6 is 0 Å². The zero-order valence-corrected chi connectivity index (χ0v) is 9.93. The Hall–Kier alpha value is -0.0800. The molecule has 1 heterocycles. The van der Waals surface area contributed by atoms with E-state index in [4.69, 9.17) is 0 Å². The first-order valence-corrected chi connectivity index (χ1v) is 5.64. The molecule has 0 aliphatic carbocycles. The largest absolute Gasteiger partial charge is 0.317 e. The summed E-state index contributed by atoms with van der Waals surface area (Å²) in [5, 5.41) is 3.38. The number of rotatable bonds is 2. The second kappa shape index (κ2) is 7.34. The standard InChI is InChI=1S/C9H20N2.C2H6/c1-8(2)11(3)9-4-6-10-7-5-9;1-2/h8-10H,4-7H2,1-3H3;1-2H3. The summed E-state index contributed by atoms with van der Waals surface area (Å²) in [5.74, 6) is 0. The molecule has 0 bridgehead atoms. The summed E-state index contributed by atoms with van der Waals surface area (Å²) in [6, 6.07) is 1.51. The monoisotopic (exact) mass is 186 g/mol. The van der Waals surface area contributed by atoms with Crippen molar-refractivity contribution in [2.75, 3.05) is 20.1 Å². The Bertz CT molecular complexity index is 107. The highest BCUT2D eigenvalue weighted by molar-refractivity contribution is 4.77. The molecule has 0 aromatic rings. The van der Waals surface area contributed by atoms with E-state index >= 15 is 0 Å². The van der Waals surface area contributed by atoms with Crippen molar-refractivity contribution in [1.82, 2.24) is 10.2 Å².